The SMILES string of the molecule is CC(C)(C)c1ccc2c(c1)B1c3cc(C(C)(C)C)ccc3N(c3ccc(F)cc3)c3cc(-c4ccccc4)cc(c31)N2c1ccc(F)cc1. The third-order valence-electron chi connectivity index (χ3n) is 10.1. The monoisotopic (exact) mass is 644 g/mol. The molecule has 0 aromatic heterocycles. The van der Waals surface area contributed by atoms with Crippen LogP contribution in [-0.2, 0) is 10.8 Å². The van der Waals surface area contributed by atoms with Crippen molar-refractivity contribution in [2.75, 3.05) is 9.80 Å². The second-order valence-electron chi connectivity index (χ2n) is 15.4. The first-order chi connectivity index (χ1) is 23.4. The van der Waals surface area contributed by atoms with E-state index < -0.39 is 0 Å². The van der Waals surface area contributed by atoms with Crippen molar-refractivity contribution in [1.82, 2.24) is 0 Å². The average molecular weight is 645 g/mol. The normalized spacial score (nSPS) is 13.6. The molecule has 0 fully saturated rings. The third kappa shape index (κ3) is 5.24. The average Bonchev–Trinajstić information content (AvgIpc) is 3.08. The Morgan fingerprint density at radius 1 is 0.449 bits per heavy atom. The Kier molecular flexibility index (Phi) is 7.12. The molecule has 6 aromatic rings. The van der Waals surface area contributed by atoms with Crippen LogP contribution in [0.3, 0.4) is 0 Å². The van der Waals surface area contributed by atoms with Crippen molar-refractivity contribution in [2.24, 2.45) is 0 Å². The molecule has 0 N–H and O–H groups in total. The summed E-state index contributed by atoms with van der Waals surface area (Å²) in [5.41, 5.74) is 14.2. The van der Waals surface area contributed by atoms with Gasteiger partial charge in [-0.3, -0.25) is 0 Å². The van der Waals surface area contributed by atoms with Gasteiger partial charge < -0.3 is 9.80 Å². The molecule has 8 rings (SSSR count). The zero-order valence-corrected chi connectivity index (χ0v) is 28.9. The summed E-state index contributed by atoms with van der Waals surface area (Å²) in [7, 11) is 0. The van der Waals surface area contributed by atoms with Crippen LogP contribution < -0.4 is 26.2 Å². The van der Waals surface area contributed by atoms with Crippen molar-refractivity contribution in [3.8, 4) is 11.1 Å². The lowest BCUT2D eigenvalue weighted by Crippen LogP contribution is -2.61. The zero-order chi connectivity index (χ0) is 34.2. The van der Waals surface area contributed by atoms with Crippen LogP contribution in [0.15, 0.2) is 127 Å². The highest BCUT2D eigenvalue weighted by Crippen LogP contribution is 2.46. The maximum atomic E-state index is 14.4. The van der Waals surface area contributed by atoms with Crippen molar-refractivity contribution in [1.29, 1.82) is 0 Å². The maximum Gasteiger partial charge on any atom is 0.252 e. The van der Waals surface area contributed by atoms with Gasteiger partial charge in [-0.05, 0) is 122 Å². The van der Waals surface area contributed by atoms with E-state index in [4.69, 9.17) is 0 Å². The second kappa shape index (κ2) is 11.2. The lowest BCUT2D eigenvalue weighted by atomic mass is 9.33. The van der Waals surface area contributed by atoms with Gasteiger partial charge in [-0.1, -0.05) is 96.1 Å². The molecule has 0 aliphatic carbocycles. The van der Waals surface area contributed by atoms with Crippen LogP contribution in [0.5, 0.6) is 0 Å². The van der Waals surface area contributed by atoms with E-state index in [0.717, 1.165) is 45.3 Å². The first kappa shape index (κ1) is 31.1. The quantitative estimate of drug-likeness (QED) is 0.177. The molecule has 2 aliphatic heterocycles. The molecule has 6 aromatic carbocycles. The molecule has 2 nitrogen and oxygen atoms in total. The number of benzene rings is 6. The molecule has 0 radical (unpaired) electrons. The van der Waals surface area contributed by atoms with Gasteiger partial charge in [-0.25, -0.2) is 8.78 Å². The molecule has 0 unspecified atom stereocenters. The third-order valence-corrected chi connectivity index (χ3v) is 10.1. The minimum atomic E-state index is -0.270. The standard InChI is InChI=1S/C44H39BF2N2/c1-43(2,3)30-12-22-38-36(26-30)45-37-27-31(44(4,5)6)13-23-39(37)49(35-20-16-33(47)17-21-35)41-25-29(28-10-8-7-9-11-28)24-40(42(41)45)48(38)34-18-14-32(46)15-19-34/h7-27H,1-6H3. The van der Waals surface area contributed by atoms with Crippen molar-refractivity contribution in [3.05, 3.63) is 150 Å². The van der Waals surface area contributed by atoms with Crippen molar-refractivity contribution < 1.29 is 8.78 Å². The Hall–Kier alpha value is -5.16. The summed E-state index contributed by atoms with van der Waals surface area (Å²) in [6.07, 6.45) is 0. The van der Waals surface area contributed by atoms with Gasteiger partial charge in [0, 0.05) is 34.1 Å². The highest BCUT2D eigenvalue weighted by molar-refractivity contribution is 7.00. The van der Waals surface area contributed by atoms with E-state index in [2.05, 4.69) is 124 Å². The van der Waals surface area contributed by atoms with Crippen LogP contribution in [0.4, 0.5) is 42.9 Å². The predicted octanol–water partition coefficient (Wildman–Crippen LogP) is 10.3. The summed E-state index contributed by atoms with van der Waals surface area (Å²) in [4.78, 5) is 4.59. The number of nitrogens with zero attached hydrogens (tertiary/aromatic N) is 2. The highest BCUT2D eigenvalue weighted by Gasteiger charge is 2.44. The second-order valence-corrected chi connectivity index (χ2v) is 15.4. The minimum Gasteiger partial charge on any atom is -0.311 e. The number of hydrogen-bond acceptors (Lipinski definition) is 2. The van der Waals surface area contributed by atoms with Crippen molar-refractivity contribution >= 4 is 57.2 Å². The van der Waals surface area contributed by atoms with Gasteiger partial charge in [0.2, 0.25) is 0 Å². The van der Waals surface area contributed by atoms with E-state index >= 15 is 0 Å². The molecule has 0 saturated heterocycles. The minimum absolute atomic E-state index is 0.0685. The van der Waals surface area contributed by atoms with Crippen LogP contribution in [0.1, 0.15) is 52.7 Å². The first-order valence-corrected chi connectivity index (χ1v) is 17.0. The van der Waals surface area contributed by atoms with Gasteiger partial charge in [0.05, 0.1) is 0 Å². The Morgan fingerprint density at radius 2 is 0.878 bits per heavy atom. The van der Waals surface area contributed by atoms with Gasteiger partial charge in [0.1, 0.15) is 11.6 Å². The van der Waals surface area contributed by atoms with Gasteiger partial charge in [-0.15, -0.1) is 0 Å². The Balaban J connectivity index is 1.53. The fraction of sp³-hybridized carbons (Fsp3) is 0.182. The lowest BCUT2D eigenvalue weighted by molar-refractivity contribution is 0.590. The summed E-state index contributed by atoms with van der Waals surface area (Å²) in [6, 6.07) is 42.3. The number of halogens is 2. The molecule has 0 atom stereocenters. The van der Waals surface area contributed by atoms with E-state index in [-0.39, 0.29) is 29.2 Å². The van der Waals surface area contributed by atoms with Gasteiger partial charge in [0.15, 0.2) is 0 Å². The first-order valence-electron chi connectivity index (χ1n) is 17.0. The molecular formula is C44H39BF2N2. The molecule has 2 heterocycles. The summed E-state index contributed by atoms with van der Waals surface area (Å²) in [5.74, 6) is -0.541. The van der Waals surface area contributed by atoms with Crippen molar-refractivity contribution in [2.45, 2.75) is 52.4 Å². The smallest absolute Gasteiger partial charge is 0.252 e. The molecular weight excluding hydrogens is 605 g/mol. The fourth-order valence-corrected chi connectivity index (χ4v) is 7.47. The summed E-state index contributed by atoms with van der Waals surface area (Å²) < 4.78 is 28.8. The molecule has 2 aliphatic rings. The molecule has 0 spiro atoms. The van der Waals surface area contributed by atoms with E-state index in [1.165, 1.54) is 51.8 Å². The fourth-order valence-electron chi connectivity index (χ4n) is 7.47. The highest BCUT2D eigenvalue weighted by atomic mass is 19.1. The summed E-state index contributed by atoms with van der Waals surface area (Å²) in [5, 5.41) is 0. The Labute approximate surface area is 288 Å². The van der Waals surface area contributed by atoms with Gasteiger partial charge in [-0.2, -0.15) is 0 Å². The molecule has 0 bridgehead atoms. The summed E-state index contributed by atoms with van der Waals surface area (Å²) >= 11 is 0. The van der Waals surface area contributed by atoms with Crippen LogP contribution >= 0.6 is 0 Å². The van der Waals surface area contributed by atoms with E-state index in [9.17, 15) is 8.78 Å². The number of anilines is 6. The van der Waals surface area contributed by atoms with E-state index in [0.29, 0.717) is 0 Å². The zero-order valence-electron chi connectivity index (χ0n) is 28.9. The Bertz CT molecular complexity index is 2080. The molecule has 0 saturated carbocycles. The van der Waals surface area contributed by atoms with E-state index in [1.807, 2.05) is 30.3 Å². The molecule has 49 heavy (non-hydrogen) atoms. The van der Waals surface area contributed by atoms with Crippen LogP contribution in [0.2, 0.25) is 0 Å². The predicted molar refractivity (Wildman–Crippen MR) is 203 cm³/mol. The van der Waals surface area contributed by atoms with E-state index in [1.54, 1.807) is 0 Å². The number of fused-ring (bicyclic) bond motifs is 4. The molecule has 5 heteroatoms. The molecule has 242 valence electrons. The molecule has 0 amide bonds. The van der Waals surface area contributed by atoms with Crippen molar-refractivity contribution in [3.63, 3.8) is 0 Å². The van der Waals surface area contributed by atoms with Crippen LogP contribution in [0, 0.1) is 11.6 Å². The van der Waals surface area contributed by atoms with Gasteiger partial charge >= 0.3 is 0 Å². The number of rotatable bonds is 3. The topological polar surface area (TPSA) is 6.48 Å². The summed E-state index contributed by atoms with van der Waals surface area (Å²) in [6.45, 7) is 13.4. The van der Waals surface area contributed by atoms with Crippen LogP contribution in [-0.4, -0.2) is 6.71 Å². The Morgan fingerprint density at radius 3 is 1.29 bits per heavy atom. The maximum absolute atomic E-state index is 14.4. The van der Waals surface area contributed by atoms with Crippen LogP contribution in [0.25, 0.3) is 11.1 Å². The number of hydrogen-bond donors (Lipinski definition) is 0. The largest absolute Gasteiger partial charge is 0.311 e. The lowest BCUT2D eigenvalue weighted by Gasteiger charge is -2.45. The van der Waals surface area contributed by atoms with Gasteiger partial charge in [0.25, 0.3) is 6.71 Å².